The minimum absolute atomic E-state index is 0. The molecular formula is C22H42O4S2Sn. The third-order valence-corrected chi connectivity index (χ3v) is 4.02. The molecule has 0 saturated carbocycles. The maximum absolute atomic E-state index is 10.4. The number of unbranched alkanes of at least 4 members (excludes halogenated alkanes) is 10. The first-order valence-electron chi connectivity index (χ1n) is 10.6. The van der Waals surface area contributed by atoms with Gasteiger partial charge < -0.3 is 9.47 Å². The molecule has 0 aliphatic heterocycles. The first kappa shape index (κ1) is 36.8. The van der Waals surface area contributed by atoms with Crippen molar-refractivity contribution < 1.29 is 19.1 Å². The van der Waals surface area contributed by atoms with Gasteiger partial charge in [-0.05, 0) is 0 Å². The van der Waals surface area contributed by atoms with Crippen LogP contribution in [0.3, 0.4) is 0 Å². The molecule has 0 N–H and O–H groups in total. The van der Waals surface area contributed by atoms with Crippen LogP contribution < -0.4 is 0 Å². The molecule has 0 unspecified atom stereocenters. The van der Waals surface area contributed by atoms with E-state index in [-0.39, 0.29) is 48.6 Å². The molecule has 0 saturated heterocycles. The summed E-state index contributed by atoms with van der Waals surface area (Å²) in [6, 6.07) is 0. The Morgan fingerprint density at radius 1 is 0.655 bits per heavy atom. The van der Waals surface area contributed by atoms with Crippen molar-refractivity contribution in [1.29, 1.82) is 0 Å². The zero-order chi connectivity index (χ0) is 21.9. The van der Waals surface area contributed by atoms with E-state index < -0.39 is 11.9 Å². The smallest absolute Gasteiger partial charge is 0.316 e. The number of hydrogen-bond donors (Lipinski definition) is 0. The number of hydrogen-bond acceptors (Lipinski definition) is 4. The summed E-state index contributed by atoms with van der Waals surface area (Å²) in [6.07, 6.45) is 16.0. The van der Waals surface area contributed by atoms with E-state index in [1.165, 1.54) is 64.2 Å². The van der Waals surface area contributed by atoms with Crippen LogP contribution in [-0.4, -0.2) is 60.6 Å². The predicted molar refractivity (Wildman–Crippen MR) is 130 cm³/mol. The average Bonchev–Trinajstić information content (AvgIpc) is 2.72. The van der Waals surface area contributed by atoms with Crippen LogP contribution >= 0.6 is 25.3 Å². The summed E-state index contributed by atoms with van der Waals surface area (Å²) < 4.78 is 9.06. The van der Waals surface area contributed by atoms with Crippen molar-refractivity contribution in [3.63, 3.8) is 0 Å². The van der Waals surface area contributed by atoms with Crippen molar-refractivity contribution in [3.8, 4) is 0 Å². The van der Waals surface area contributed by atoms with Crippen LogP contribution in [-0.2, 0) is 19.1 Å². The summed E-state index contributed by atoms with van der Waals surface area (Å²) in [7, 11) is 0. The van der Waals surface area contributed by atoms with Crippen molar-refractivity contribution >= 4 is 61.1 Å². The Labute approximate surface area is 208 Å². The fourth-order valence-electron chi connectivity index (χ4n) is 1.95. The average molecular weight is 553 g/mol. The van der Waals surface area contributed by atoms with Gasteiger partial charge in [0.1, 0.15) is 24.7 Å². The summed E-state index contributed by atoms with van der Waals surface area (Å²) in [6.45, 7) is 12.1. The van der Waals surface area contributed by atoms with Crippen molar-refractivity contribution in [2.75, 3.05) is 24.7 Å². The summed E-state index contributed by atoms with van der Waals surface area (Å²) in [5.41, 5.74) is 0. The van der Waals surface area contributed by atoms with Crippen molar-refractivity contribution in [2.45, 2.75) is 90.9 Å². The van der Waals surface area contributed by atoms with Gasteiger partial charge in [0.2, 0.25) is 0 Å². The van der Waals surface area contributed by atoms with Crippen LogP contribution in [0.2, 0.25) is 0 Å². The molecule has 0 spiro atoms. The van der Waals surface area contributed by atoms with Gasteiger partial charge in [-0.3, -0.25) is 9.59 Å². The van der Waals surface area contributed by atoms with Gasteiger partial charge in [0.15, 0.2) is 0 Å². The zero-order valence-corrected chi connectivity index (χ0v) is 23.2. The van der Waals surface area contributed by atoms with Crippen molar-refractivity contribution in [1.82, 2.24) is 0 Å². The monoisotopic (exact) mass is 554 g/mol. The van der Waals surface area contributed by atoms with E-state index >= 15 is 0 Å². The quantitative estimate of drug-likeness (QED) is 0.133. The van der Waals surface area contributed by atoms with E-state index in [0.29, 0.717) is 0 Å². The van der Waals surface area contributed by atoms with Crippen LogP contribution in [0.1, 0.15) is 90.9 Å². The summed E-state index contributed by atoms with van der Waals surface area (Å²) >= 11 is 8.80. The summed E-state index contributed by atoms with van der Waals surface area (Å²) in [4.78, 5) is 20.9. The molecule has 0 aliphatic carbocycles. The fraction of sp³-hybridized carbons (Fsp3) is 0.818. The third kappa shape index (κ3) is 43.3. The van der Waals surface area contributed by atoms with Crippen LogP contribution in [0, 0.1) is 13.8 Å². The van der Waals surface area contributed by atoms with Gasteiger partial charge in [0, 0.05) is 23.9 Å². The molecule has 170 valence electrons. The molecule has 8 radical (unpaired) electrons. The number of esters is 2. The molecule has 0 aliphatic rings. The van der Waals surface area contributed by atoms with E-state index in [4.69, 9.17) is 0 Å². The van der Waals surface area contributed by atoms with Gasteiger partial charge in [-0.25, -0.2) is 0 Å². The molecule has 0 amide bonds. The topological polar surface area (TPSA) is 52.6 Å². The van der Waals surface area contributed by atoms with E-state index in [1.54, 1.807) is 0 Å². The number of rotatable bonds is 15. The van der Waals surface area contributed by atoms with Crippen LogP contribution in [0.4, 0.5) is 0 Å². The van der Waals surface area contributed by atoms with E-state index in [1.807, 2.05) is 0 Å². The van der Waals surface area contributed by atoms with E-state index in [0.717, 1.165) is 12.8 Å². The van der Waals surface area contributed by atoms with Crippen LogP contribution in [0.25, 0.3) is 0 Å². The SMILES string of the molecule is O=C(C[S])OCCOC(=O)C[S].[CH2]CCCCCCC.[CH2]CCCCCCC.[Sn]. The molecule has 29 heavy (non-hydrogen) atoms. The second-order valence-corrected chi connectivity index (χ2v) is 6.84. The van der Waals surface area contributed by atoms with E-state index in [9.17, 15) is 9.59 Å². The Morgan fingerprint density at radius 3 is 1.21 bits per heavy atom. The predicted octanol–water partition coefficient (Wildman–Crippen LogP) is 6.45. The Bertz CT molecular complexity index is 277. The zero-order valence-electron chi connectivity index (χ0n) is 18.7. The van der Waals surface area contributed by atoms with Gasteiger partial charge in [-0.1, -0.05) is 130 Å². The standard InChI is InChI=1S/2C8H17.C6H8O4S2.Sn/c2*1-3-5-7-8-6-4-2;7-5(3-11)9-1-2-10-6(8)4-12;/h2*1,3-8H2,2H3;1-4H2;. The number of carbonyl (C=O) groups excluding carboxylic acids is 2. The molecule has 0 bridgehead atoms. The van der Waals surface area contributed by atoms with Crippen LogP contribution in [0.5, 0.6) is 0 Å². The van der Waals surface area contributed by atoms with Crippen molar-refractivity contribution in [3.05, 3.63) is 13.8 Å². The maximum atomic E-state index is 10.4. The molecule has 0 atom stereocenters. The molecular weight excluding hydrogens is 511 g/mol. The Kier molecular flexibility index (Phi) is 45.5. The van der Waals surface area contributed by atoms with Gasteiger partial charge >= 0.3 is 11.9 Å². The molecule has 0 fully saturated rings. The molecule has 7 heteroatoms. The molecule has 0 aromatic rings. The minimum atomic E-state index is -0.487. The van der Waals surface area contributed by atoms with Crippen molar-refractivity contribution in [2.24, 2.45) is 0 Å². The normalized spacial score (nSPS) is 9.17. The van der Waals surface area contributed by atoms with Gasteiger partial charge in [0.05, 0.1) is 0 Å². The molecule has 0 heterocycles. The second-order valence-electron chi connectivity index (χ2n) is 6.27. The van der Waals surface area contributed by atoms with Gasteiger partial charge in [-0.15, -0.1) is 0 Å². The Morgan fingerprint density at radius 2 is 0.966 bits per heavy atom. The summed E-state index contributed by atoms with van der Waals surface area (Å²) in [5, 5.41) is 0. The number of ether oxygens (including phenoxy) is 2. The minimum Gasteiger partial charge on any atom is -0.461 e. The Balaban J connectivity index is -0.000000164. The molecule has 0 aromatic carbocycles. The third-order valence-electron chi connectivity index (χ3n) is 3.55. The van der Waals surface area contributed by atoms with Crippen LogP contribution in [0.15, 0.2) is 0 Å². The molecule has 0 aromatic heterocycles. The van der Waals surface area contributed by atoms with E-state index in [2.05, 4.69) is 62.4 Å². The largest absolute Gasteiger partial charge is 0.461 e. The molecule has 4 nitrogen and oxygen atoms in total. The maximum Gasteiger partial charge on any atom is 0.316 e. The first-order valence-corrected chi connectivity index (χ1v) is 11.7. The first-order chi connectivity index (χ1) is 13.5. The van der Waals surface area contributed by atoms with Gasteiger partial charge in [-0.2, -0.15) is 0 Å². The molecule has 0 rings (SSSR count). The Hall–Kier alpha value is 0.439. The second kappa shape index (κ2) is 35.8. The summed E-state index contributed by atoms with van der Waals surface area (Å²) in [5.74, 6) is -1.15. The fourth-order valence-corrected chi connectivity index (χ4v) is 2.12. The van der Waals surface area contributed by atoms with Gasteiger partial charge in [0.25, 0.3) is 0 Å². The number of carbonyl (C=O) groups is 2.